The summed E-state index contributed by atoms with van der Waals surface area (Å²) < 4.78 is 15.4. The van der Waals surface area contributed by atoms with Crippen molar-refractivity contribution in [3.63, 3.8) is 0 Å². The Bertz CT molecular complexity index is 239. The van der Waals surface area contributed by atoms with E-state index in [1.54, 1.807) is 0 Å². The standard InChI is InChI=1S/C11H20O5/c1-11(2)15-7-9(16-11)8(12)5-4-6-10(13)14-3/h8-9,12H,4-7H2,1-3H3/t8-,9+/m0/s1. The molecule has 1 N–H and O–H groups in total. The van der Waals surface area contributed by atoms with Crippen LogP contribution in [-0.4, -0.2) is 42.8 Å². The highest BCUT2D eigenvalue weighted by molar-refractivity contribution is 5.68. The largest absolute Gasteiger partial charge is 0.469 e. The van der Waals surface area contributed by atoms with Gasteiger partial charge < -0.3 is 19.3 Å². The van der Waals surface area contributed by atoms with Crippen molar-refractivity contribution in [3.8, 4) is 0 Å². The van der Waals surface area contributed by atoms with Gasteiger partial charge in [0.25, 0.3) is 0 Å². The van der Waals surface area contributed by atoms with E-state index in [-0.39, 0.29) is 12.1 Å². The van der Waals surface area contributed by atoms with Crippen molar-refractivity contribution in [3.05, 3.63) is 0 Å². The Balaban J connectivity index is 2.21. The second-order valence-electron chi connectivity index (χ2n) is 4.40. The highest BCUT2D eigenvalue weighted by Gasteiger charge is 2.36. The average molecular weight is 232 g/mol. The summed E-state index contributed by atoms with van der Waals surface area (Å²) in [5.74, 6) is -0.871. The third-order valence-electron chi connectivity index (χ3n) is 2.57. The van der Waals surface area contributed by atoms with Crippen molar-refractivity contribution in [2.45, 2.75) is 51.1 Å². The van der Waals surface area contributed by atoms with Crippen molar-refractivity contribution >= 4 is 5.97 Å². The van der Waals surface area contributed by atoms with Gasteiger partial charge in [0.05, 0.1) is 19.8 Å². The van der Waals surface area contributed by atoms with Crippen LogP contribution in [0.15, 0.2) is 0 Å². The van der Waals surface area contributed by atoms with Crippen LogP contribution in [0.1, 0.15) is 33.1 Å². The van der Waals surface area contributed by atoms with Gasteiger partial charge in [0.15, 0.2) is 5.79 Å². The zero-order chi connectivity index (χ0) is 12.2. The van der Waals surface area contributed by atoms with Gasteiger partial charge in [-0.2, -0.15) is 0 Å². The number of carbonyl (C=O) groups is 1. The number of ether oxygens (including phenoxy) is 3. The minimum absolute atomic E-state index is 0.254. The summed E-state index contributed by atoms with van der Waals surface area (Å²) in [6.07, 6.45) is 0.539. The van der Waals surface area contributed by atoms with E-state index >= 15 is 0 Å². The van der Waals surface area contributed by atoms with Crippen molar-refractivity contribution < 1.29 is 24.1 Å². The predicted octanol–water partition coefficient (Wildman–Crippen LogP) is 0.842. The summed E-state index contributed by atoms with van der Waals surface area (Å²) in [7, 11) is 1.36. The first kappa shape index (κ1) is 13.4. The van der Waals surface area contributed by atoms with E-state index in [1.807, 2.05) is 13.8 Å². The molecular weight excluding hydrogens is 212 g/mol. The van der Waals surface area contributed by atoms with E-state index in [9.17, 15) is 9.90 Å². The average Bonchev–Trinajstić information content (AvgIpc) is 2.58. The number of methoxy groups -OCH3 is 1. The SMILES string of the molecule is COC(=O)CCC[C@H](O)[C@H]1COC(C)(C)O1. The number of hydrogen-bond acceptors (Lipinski definition) is 5. The number of carbonyl (C=O) groups excluding carboxylic acids is 1. The number of aliphatic hydroxyl groups is 1. The lowest BCUT2D eigenvalue weighted by atomic mass is 10.1. The molecule has 1 heterocycles. The van der Waals surface area contributed by atoms with Crippen LogP contribution in [0, 0.1) is 0 Å². The summed E-state index contributed by atoms with van der Waals surface area (Å²) in [5, 5.41) is 9.81. The molecule has 1 rings (SSSR count). The zero-order valence-electron chi connectivity index (χ0n) is 10.1. The highest BCUT2D eigenvalue weighted by Crippen LogP contribution is 2.25. The minimum atomic E-state index is -0.617. The molecular formula is C11H20O5. The Morgan fingerprint density at radius 2 is 2.31 bits per heavy atom. The van der Waals surface area contributed by atoms with Gasteiger partial charge in [-0.15, -0.1) is 0 Å². The summed E-state index contributed by atoms with van der Waals surface area (Å²) in [6, 6.07) is 0. The lowest BCUT2D eigenvalue weighted by molar-refractivity contribution is -0.152. The van der Waals surface area contributed by atoms with Gasteiger partial charge in [0, 0.05) is 6.42 Å². The topological polar surface area (TPSA) is 65.0 Å². The maximum atomic E-state index is 10.9. The monoisotopic (exact) mass is 232 g/mol. The van der Waals surface area contributed by atoms with Crippen LogP contribution in [0.5, 0.6) is 0 Å². The Labute approximate surface area is 95.7 Å². The maximum Gasteiger partial charge on any atom is 0.305 e. The van der Waals surface area contributed by atoms with Gasteiger partial charge >= 0.3 is 5.97 Å². The molecule has 0 amide bonds. The minimum Gasteiger partial charge on any atom is -0.469 e. The first-order valence-corrected chi connectivity index (χ1v) is 5.51. The molecule has 5 nitrogen and oxygen atoms in total. The molecule has 16 heavy (non-hydrogen) atoms. The summed E-state index contributed by atoms with van der Waals surface area (Å²) in [5.41, 5.74) is 0. The van der Waals surface area contributed by atoms with Gasteiger partial charge in [-0.3, -0.25) is 4.79 Å². The van der Waals surface area contributed by atoms with Crippen LogP contribution in [0.2, 0.25) is 0 Å². The lowest BCUT2D eigenvalue weighted by Gasteiger charge is -2.20. The zero-order valence-corrected chi connectivity index (χ0v) is 10.1. The van der Waals surface area contributed by atoms with Crippen LogP contribution in [0.3, 0.4) is 0 Å². The van der Waals surface area contributed by atoms with Crippen LogP contribution in [0.4, 0.5) is 0 Å². The van der Waals surface area contributed by atoms with E-state index < -0.39 is 11.9 Å². The summed E-state index contributed by atoms with van der Waals surface area (Å²) in [6.45, 7) is 4.02. The number of aliphatic hydroxyl groups excluding tert-OH is 1. The second kappa shape index (κ2) is 5.61. The molecule has 0 aromatic heterocycles. The molecule has 1 aliphatic heterocycles. The predicted molar refractivity (Wildman–Crippen MR) is 56.8 cm³/mol. The third-order valence-corrected chi connectivity index (χ3v) is 2.57. The van der Waals surface area contributed by atoms with Gasteiger partial charge in [0.2, 0.25) is 0 Å². The Morgan fingerprint density at radius 1 is 1.62 bits per heavy atom. The van der Waals surface area contributed by atoms with Crippen LogP contribution in [-0.2, 0) is 19.0 Å². The quantitative estimate of drug-likeness (QED) is 0.712. The van der Waals surface area contributed by atoms with Gasteiger partial charge in [-0.25, -0.2) is 0 Å². The first-order valence-electron chi connectivity index (χ1n) is 5.51. The summed E-state index contributed by atoms with van der Waals surface area (Å²) in [4.78, 5) is 10.9. The fourth-order valence-electron chi connectivity index (χ4n) is 1.65. The Hall–Kier alpha value is -0.650. The van der Waals surface area contributed by atoms with Crippen molar-refractivity contribution in [1.29, 1.82) is 0 Å². The van der Waals surface area contributed by atoms with E-state index in [2.05, 4.69) is 4.74 Å². The molecule has 0 spiro atoms. The smallest absolute Gasteiger partial charge is 0.305 e. The molecule has 0 aliphatic carbocycles. The Morgan fingerprint density at radius 3 is 2.81 bits per heavy atom. The lowest BCUT2D eigenvalue weighted by Crippen LogP contribution is -2.30. The maximum absolute atomic E-state index is 10.9. The van der Waals surface area contributed by atoms with E-state index in [0.29, 0.717) is 25.9 Å². The number of rotatable bonds is 5. The molecule has 5 heteroatoms. The van der Waals surface area contributed by atoms with Crippen molar-refractivity contribution in [2.24, 2.45) is 0 Å². The third kappa shape index (κ3) is 4.08. The number of esters is 1. The first-order chi connectivity index (χ1) is 7.44. The van der Waals surface area contributed by atoms with Crippen molar-refractivity contribution in [1.82, 2.24) is 0 Å². The molecule has 0 radical (unpaired) electrons. The molecule has 0 aromatic carbocycles. The van der Waals surface area contributed by atoms with E-state index in [1.165, 1.54) is 7.11 Å². The van der Waals surface area contributed by atoms with Crippen LogP contribution >= 0.6 is 0 Å². The summed E-state index contributed by atoms with van der Waals surface area (Å²) >= 11 is 0. The van der Waals surface area contributed by atoms with Gasteiger partial charge in [0.1, 0.15) is 6.10 Å². The fraction of sp³-hybridized carbons (Fsp3) is 0.909. The van der Waals surface area contributed by atoms with Gasteiger partial charge in [-0.05, 0) is 26.7 Å². The molecule has 1 saturated heterocycles. The molecule has 0 saturated carbocycles. The molecule has 1 aliphatic rings. The molecule has 0 aromatic rings. The van der Waals surface area contributed by atoms with Gasteiger partial charge in [-0.1, -0.05) is 0 Å². The molecule has 94 valence electrons. The second-order valence-corrected chi connectivity index (χ2v) is 4.40. The van der Waals surface area contributed by atoms with E-state index in [0.717, 1.165) is 0 Å². The fourth-order valence-corrected chi connectivity index (χ4v) is 1.65. The van der Waals surface area contributed by atoms with E-state index in [4.69, 9.17) is 9.47 Å². The molecule has 0 bridgehead atoms. The molecule has 1 fully saturated rings. The highest BCUT2D eigenvalue weighted by atomic mass is 16.7. The number of hydrogen-bond donors (Lipinski definition) is 1. The molecule has 2 atom stereocenters. The van der Waals surface area contributed by atoms with Crippen molar-refractivity contribution in [2.75, 3.05) is 13.7 Å². The van der Waals surface area contributed by atoms with Crippen LogP contribution < -0.4 is 0 Å². The normalized spacial score (nSPS) is 25.4. The Kier molecular flexibility index (Phi) is 4.70. The molecule has 0 unspecified atom stereocenters. The van der Waals surface area contributed by atoms with Crippen LogP contribution in [0.25, 0.3) is 0 Å².